The highest BCUT2D eigenvalue weighted by atomic mass is 32.2. The summed E-state index contributed by atoms with van der Waals surface area (Å²) in [6.07, 6.45) is 3.92. The Balaban J connectivity index is 0.00000121. The summed E-state index contributed by atoms with van der Waals surface area (Å²) in [6.45, 7) is 1.41. The number of carbonyl (C=O) groups is 1. The summed E-state index contributed by atoms with van der Waals surface area (Å²) in [6, 6.07) is 12.3. The maximum atomic E-state index is 12.7. The van der Waals surface area contributed by atoms with Crippen molar-refractivity contribution in [3.8, 4) is 11.5 Å². The Labute approximate surface area is 221 Å². The van der Waals surface area contributed by atoms with E-state index in [1.807, 2.05) is 28.6 Å². The standard InChI is InChI=1S/C26H30F3NO3S.C2H6O/c27-26(28,29)20-6-8-23(9-7-20)33-24-14-15-30(21(16-24)17-31)34-25-12-10-22(11-13-25)32-18-19-4-2-1-3-5-19;1-3-2/h6-13,17,19,21,24H,1-5,14-16,18H2;1-2H3. The maximum absolute atomic E-state index is 12.7. The Morgan fingerprint density at radius 2 is 1.57 bits per heavy atom. The molecule has 5 nitrogen and oxygen atoms in total. The van der Waals surface area contributed by atoms with Crippen LogP contribution < -0.4 is 9.47 Å². The molecule has 2 atom stereocenters. The number of hydrogen-bond acceptors (Lipinski definition) is 6. The number of ether oxygens (including phenoxy) is 3. The van der Waals surface area contributed by atoms with Crippen LogP contribution >= 0.6 is 11.9 Å². The van der Waals surface area contributed by atoms with Gasteiger partial charge in [-0.2, -0.15) is 13.2 Å². The van der Waals surface area contributed by atoms with Crippen LogP contribution in [0, 0.1) is 5.92 Å². The zero-order chi connectivity index (χ0) is 26.7. The number of nitrogens with zero attached hydrogens (tertiary/aromatic N) is 1. The number of rotatable bonds is 8. The number of halogens is 3. The molecule has 0 radical (unpaired) electrons. The highest BCUT2D eigenvalue weighted by Crippen LogP contribution is 2.34. The lowest BCUT2D eigenvalue weighted by Crippen LogP contribution is -2.43. The van der Waals surface area contributed by atoms with Crippen molar-refractivity contribution in [1.29, 1.82) is 0 Å². The molecule has 0 N–H and O–H groups in total. The van der Waals surface area contributed by atoms with Gasteiger partial charge in [0.25, 0.3) is 0 Å². The van der Waals surface area contributed by atoms with Gasteiger partial charge in [0.15, 0.2) is 0 Å². The fraction of sp³-hybridized carbons (Fsp3) is 0.536. The SMILES string of the molecule is COC.O=CC1CC(Oc2ccc(C(F)(F)F)cc2)CCN1Sc1ccc(OCC2CCCCC2)cc1. The van der Waals surface area contributed by atoms with Crippen molar-refractivity contribution in [2.75, 3.05) is 27.4 Å². The van der Waals surface area contributed by atoms with Crippen LogP contribution in [-0.2, 0) is 15.7 Å². The Hall–Kier alpha value is -2.23. The van der Waals surface area contributed by atoms with Crippen molar-refractivity contribution in [2.45, 2.75) is 68.2 Å². The molecule has 4 rings (SSSR count). The highest BCUT2D eigenvalue weighted by molar-refractivity contribution is 7.97. The second kappa shape index (κ2) is 14.6. The van der Waals surface area contributed by atoms with Gasteiger partial charge in [0.2, 0.25) is 0 Å². The largest absolute Gasteiger partial charge is 0.493 e. The Bertz CT molecular complexity index is 934. The molecule has 1 aliphatic heterocycles. The fourth-order valence-corrected chi connectivity index (χ4v) is 5.50. The van der Waals surface area contributed by atoms with E-state index in [-0.39, 0.29) is 12.1 Å². The number of piperidine rings is 1. The zero-order valence-electron chi connectivity index (χ0n) is 21.4. The van der Waals surface area contributed by atoms with Crippen molar-refractivity contribution in [3.05, 3.63) is 54.1 Å². The molecule has 2 unspecified atom stereocenters. The molecule has 0 amide bonds. The van der Waals surface area contributed by atoms with Crippen LogP contribution in [0.25, 0.3) is 0 Å². The quantitative estimate of drug-likeness (QED) is 0.265. The van der Waals surface area contributed by atoms with Crippen molar-refractivity contribution < 1.29 is 32.2 Å². The van der Waals surface area contributed by atoms with Crippen molar-refractivity contribution >= 4 is 18.2 Å². The number of alkyl halides is 3. The minimum absolute atomic E-state index is 0.223. The summed E-state index contributed by atoms with van der Waals surface area (Å²) >= 11 is 1.53. The first kappa shape index (κ1) is 29.3. The molecule has 1 saturated heterocycles. The van der Waals surface area contributed by atoms with Gasteiger partial charge in [-0.25, -0.2) is 4.31 Å². The van der Waals surface area contributed by atoms with Crippen molar-refractivity contribution in [3.63, 3.8) is 0 Å². The second-order valence-corrected chi connectivity index (χ2v) is 10.5. The van der Waals surface area contributed by atoms with Gasteiger partial charge < -0.3 is 19.0 Å². The van der Waals surface area contributed by atoms with Crippen LogP contribution in [0.1, 0.15) is 50.5 Å². The van der Waals surface area contributed by atoms with Gasteiger partial charge in [-0.3, -0.25) is 0 Å². The molecule has 37 heavy (non-hydrogen) atoms. The highest BCUT2D eigenvalue weighted by Gasteiger charge is 2.32. The number of methoxy groups -OCH3 is 1. The maximum Gasteiger partial charge on any atom is 0.416 e. The van der Waals surface area contributed by atoms with E-state index in [1.165, 1.54) is 56.2 Å². The number of hydrogen-bond donors (Lipinski definition) is 0. The van der Waals surface area contributed by atoms with E-state index in [9.17, 15) is 18.0 Å². The predicted octanol–water partition coefficient (Wildman–Crippen LogP) is 7.05. The van der Waals surface area contributed by atoms with Crippen LogP contribution in [0.3, 0.4) is 0 Å². The topological polar surface area (TPSA) is 48.0 Å². The predicted molar refractivity (Wildman–Crippen MR) is 139 cm³/mol. The lowest BCUT2D eigenvalue weighted by molar-refractivity contribution is -0.137. The van der Waals surface area contributed by atoms with Crippen LogP contribution in [0.4, 0.5) is 13.2 Å². The Morgan fingerprint density at radius 3 is 2.16 bits per heavy atom. The Kier molecular flexibility index (Phi) is 11.6. The van der Waals surface area contributed by atoms with E-state index < -0.39 is 11.7 Å². The molecule has 2 aliphatic rings. The van der Waals surface area contributed by atoms with Crippen LogP contribution in [0.2, 0.25) is 0 Å². The molecule has 1 saturated carbocycles. The van der Waals surface area contributed by atoms with E-state index >= 15 is 0 Å². The van der Waals surface area contributed by atoms with E-state index in [0.29, 0.717) is 31.1 Å². The number of carbonyl (C=O) groups excluding carboxylic acids is 1. The molecule has 2 fully saturated rings. The first-order chi connectivity index (χ1) is 17.8. The van der Waals surface area contributed by atoms with Crippen molar-refractivity contribution in [1.82, 2.24) is 4.31 Å². The fourth-order valence-electron chi connectivity index (χ4n) is 4.50. The summed E-state index contributed by atoms with van der Waals surface area (Å²) in [7, 11) is 3.25. The minimum atomic E-state index is -4.37. The third-order valence-electron chi connectivity index (χ3n) is 6.44. The molecule has 9 heteroatoms. The minimum Gasteiger partial charge on any atom is -0.493 e. The van der Waals surface area contributed by atoms with Gasteiger partial charge in [-0.1, -0.05) is 19.3 Å². The first-order valence-electron chi connectivity index (χ1n) is 12.7. The van der Waals surface area contributed by atoms with Crippen molar-refractivity contribution in [2.24, 2.45) is 5.92 Å². The number of benzene rings is 2. The van der Waals surface area contributed by atoms with Gasteiger partial charge in [-0.15, -0.1) is 0 Å². The molecule has 204 valence electrons. The van der Waals surface area contributed by atoms with Gasteiger partial charge in [0.1, 0.15) is 23.9 Å². The summed E-state index contributed by atoms with van der Waals surface area (Å²) in [5.74, 6) is 1.90. The van der Waals surface area contributed by atoms with E-state index in [1.54, 1.807) is 14.2 Å². The van der Waals surface area contributed by atoms with E-state index in [2.05, 4.69) is 4.74 Å². The first-order valence-corrected chi connectivity index (χ1v) is 13.5. The van der Waals surface area contributed by atoms with Gasteiger partial charge in [-0.05, 0) is 85.7 Å². The van der Waals surface area contributed by atoms with Gasteiger partial charge in [0, 0.05) is 32.1 Å². The average molecular weight is 540 g/mol. The van der Waals surface area contributed by atoms with Gasteiger partial charge in [0.05, 0.1) is 18.2 Å². The molecular weight excluding hydrogens is 503 g/mol. The summed E-state index contributed by atoms with van der Waals surface area (Å²) in [4.78, 5) is 12.8. The summed E-state index contributed by atoms with van der Waals surface area (Å²) in [5, 5.41) is 0. The summed E-state index contributed by atoms with van der Waals surface area (Å²) < 4.78 is 56.3. The molecule has 1 aliphatic carbocycles. The second-order valence-electron chi connectivity index (χ2n) is 9.42. The lowest BCUT2D eigenvalue weighted by atomic mass is 9.90. The zero-order valence-corrected chi connectivity index (χ0v) is 22.2. The third-order valence-corrected chi connectivity index (χ3v) is 7.61. The Morgan fingerprint density at radius 1 is 0.946 bits per heavy atom. The summed E-state index contributed by atoms with van der Waals surface area (Å²) in [5.41, 5.74) is -0.706. The molecule has 0 aromatic heterocycles. The van der Waals surface area contributed by atoms with Crippen LogP contribution in [-0.4, -0.2) is 50.1 Å². The monoisotopic (exact) mass is 539 g/mol. The molecule has 2 aromatic carbocycles. The molecule has 0 bridgehead atoms. The molecule has 0 spiro atoms. The van der Waals surface area contributed by atoms with Gasteiger partial charge >= 0.3 is 6.18 Å². The average Bonchev–Trinajstić information content (AvgIpc) is 2.90. The van der Waals surface area contributed by atoms with E-state index in [0.717, 1.165) is 35.7 Å². The molecule has 1 heterocycles. The van der Waals surface area contributed by atoms with E-state index in [4.69, 9.17) is 9.47 Å². The lowest BCUT2D eigenvalue weighted by Gasteiger charge is -2.35. The van der Waals surface area contributed by atoms with Crippen LogP contribution in [0.5, 0.6) is 11.5 Å². The normalized spacial score (nSPS) is 21.0. The third kappa shape index (κ3) is 9.54. The van der Waals surface area contributed by atoms with Crippen LogP contribution in [0.15, 0.2) is 53.4 Å². The number of aldehydes is 1. The molecule has 2 aromatic rings. The smallest absolute Gasteiger partial charge is 0.416 e. The molecular formula is C28H36F3NO4S.